The molecule has 0 atom stereocenters. The molecule has 4 rings (SSSR count). The van der Waals surface area contributed by atoms with Crippen molar-refractivity contribution >= 4 is 6.21 Å². The summed E-state index contributed by atoms with van der Waals surface area (Å²) in [5.74, 6) is 0.356. The Hall–Kier alpha value is -2.82. The van der Waals surface area contributed by atoms with Gasteiger partial charge in [0.2, 0.25) is 0 Å². The zero-order valence-corrected chi connectivity index (χ0v) is 14.5. The van der Waals surface area contributed by atoms with Crippen LogP contribution in [0.3, 0.4) is 0 Å². The number of H-pyrrole nitrogens is 1. The van der Waals surface area contributed by atoms with E-state index in [0.717, 1.165) is 28.1 Å². The van der Waals surface area contributed by atoms with Gasteiger partial charge in [0.05, 0.1) is 12.2 Å². The lowest BCUT2D eigenvalue weighted by atomic mass is 9.99. The summed E-state index contributed by atoms with van der Waals surface area (Å²) < 4.78 is 13.3. The quantitative estimate of drug-likeness (QED) is 0.657. The van der Waals surface area contributed by atoms with E-state index >= 15 is 0 Å². The van der Waals surface area contributed by atoms with Crippen molar-refractivity contribution in [2.24, 2.45) is 10.9 Å². The van der Waals surface area contributed by atoms with E-state index in [9.17, 15) is 4.39 Å². The molecule has 4 nitrogen and oxygen atoms in total. The standard InChI is InChI=1S/C21H21FN4/c22-18-7-5-17(6-8-18)21-20(16-9-11-23-12-10-16)19(25-26-21)14-24-13-15-3-1-2-4-15/h5-13,15H,1-4,14H2,(H,25,26). The fourth-order valence-electron chi connectivity index (χ4n) is 3.54. The molecular weight excluding hydrogens is 327 g/mol. The molecule has 0 unspecified atom stereocenters. The number of nitrogens with zero attached hydrogens (tertiary/aromatic N) is 3. The molecular formula is C21H21FN4. The maximum atomic E-state index is 13.3. The summed E-state index contributed by atoms with van der Waals surface area (Å²) in [6.45, 7) is 0.558. The molecule has 1 aliphatic carbocycles. The molecule has 26 heavy (non-hydrogen) atoms. The van der Waals surface area contributed by atoms with Gasteiger partial charge in [-0.3, -0.25) is 15.1 Å². The van der Waals surface area contributed by atoms with Gasteiger partial charge in [0.15, 0.2) is 0 Å². The lowest BCUT2D eigenvalue weighted by molar-refractivity contribution is 0.628. The Kier molecular flexibility index (Phi) is 4.86. The summed E-state index contributed by atoms with van der Waals surface area (Å²) in [4.78, 5) is 8.76. The van der Waals surface area contributed by atoms with Crippen LogP contribution in [0.25, 0.3) is 22.4 Å². The number of hydrogen-bond donors (Lipinski definition) is 1. The zero-order valence-electron chi connectivity index (χ0n) is 14.5. The maximum absolute atomic E-state index is 13.3. The topological polar surface area (TPSA) is 53.9 Å². The van der Waals surface area contributed by atoms with Gasteiger partial charge >= 0.3 is 0 Å². The number of aromatic nitrogens is 3. The van der Waals surface area contributed by atoms with Crippen molar-refractivity contribution in [2.45, 2.75) is 32.2 Å². The van der Waals surface area contributed by atoms with Crippen molar-refractivity contribution in [1.82, 2.24) is 15.2 Å². The van der Waals surface area contributed by atoms with Gasteiger partial charge < -0.3 is 0 Å². The Bertz CT molecular complexity index is 878. The zero-order chi connectivity index (χ0) is 17.8. The van der Waals surface area contributed by atoms with Gasteiger partial charge in [-0.05, 0) is 60.7 Å². The molecule has 132 valence electrons. The number of aliphatic imine (C=N–C) groups is 1. The minimum Gasteiger partial charge on any atom is -0.291 e. The second kappa shape index (κ2) is 7.60. The second-order valence-corrected chi connectivity index (χ2v) is 6.70. The molecule has 0 aliphatic heterocycles. The lowest BCUT2D eigenvalue weighted by Crippen LogP contribution is -1.95. The molecule has 1 N–H and O–H groups in total. The van der Waals surface area contributed by atoms with E-state index in [0.29, 0.717) is 12.5 Å². The van der Waals surface area contributed by atoms with E-state index < -0.39 is 0 Å². The van der Waals surface area contributed by atoms with Crippen LogP contribution in [0.4, 0.5) is 4.39 Å². The Morgan fingerprint density at radius 3 is 2.50 bits per heavy atom. The van der Waals surface area contributed by atoms with Crippen LogP contribution in [0.5, 0.6) is 0 Å². The van der Waals surface area contributed by atoms with Gasteiger partial charge in [-0.15, -0.1) is 0 Å². The number of rotatable bonds is 5. The predicted molar refractivity (Wildman–Crippen MR) is 101 cm³/mol. The van der Waals surface area contributed by atoms with Crippen LogP contribution >= 0.6 is 0 Å². The summed E-state index contributed by atoms with van der Waals surface area (Å²) in [6.07, 6.45) is 10.7. The van der Waals surface area contributed by atoms with Crippen LogP contribution in [-0.4, -0.2) is 21.4 Å². The minimum absolute atomic E-state index is 0.254. The summed E-state index contributed by atoms with van der Waals surface area (Å²) in [5.41, 5.74) is 4.68. The van der Waals surface area contributed by atoms with Gasteiger partial charge in [-0.2, -0.15) is 5.10 Å². The highest BCUT2D eigenvalue weighted by molar-refractivity contribution is 5.82. The molecule has 2 heterocycles. The van der Waals surface area contributed by atoms with Crippen LogP contribution < -0.4 is 0 Å². The van der Waals surface area contributed by atoms with E-state index in [2.05, 4.69) is 26.4 Å². The summed E-state index contributed by atoms with van der Waals surface area (Å²) in [7, 11) is 0. The molecule has 0 radical (unpaired) electrons. The Morgan fingerprint density at radius 1 is 1.04 bits per heavy atom. The van der Waals surface area contributed by atoms with Crippen LogP contribution in [-0.2, 0) is 6.54 Å². The SMILES string of the molecule is Fc1ccc(-c2n[nH]c(CN=CC3CCCC3)c2-c2ccncc2)cc1. The summed E-state index contributed by atoms with van der Waals surface area (Å²) >= 11 is 0. The minimum atomic E-state index is -0.254. The first-order chi connectivity index (χ1) is 12.8. The van der Waals surface area contributed by atoms with Crippen molar-refractivity contribution < 1.29 is 4.39 Å². The number of halogens is 1. The van der Waals surface area contributed by atoms with Gasteiger partial charge in [-0.25, -0.2) is 4.39 Å². The largest absolute Gasteiger partial charge is 0.291 e. The molecule has 0 saturated heterocycles. The van der Waals surface area contributed by atoms with Gasteiger partial charge in [0.25, 0.3) is 0 Å². The molecule has 1 fully saturated rings. The second-order valence-electron chi connectivity index (χ2n) is 6.70. The number of pyridine rings is 1. The fraction of sp³-hybridized carbons (Fsp3) is 0.286. The number of hydrogen-bond acceptors (Lipinski definition) is 3. The van der Waals surface area contributed by atoms with Crippen LogP contribution in [0.1, 0.15) is 31.4 Å². The van der Waals surface area contributed by atoms with E-state index in [4.69, 9.17) is 0 Å². The highest BCUT2D eigenvalue weighted by Gasteiger charge is 2.17. The van der Waals surface area contributed by atoms with Crippen molar-refractivity contribution in [3.05, 3.63) is 60.3 Å². The molecule has 3 aromatic rings. The van der Waals surface area contributed by atoms with Crippen LogP contribution in [0, 0.1) is 11.7 Å². The number of aromatic amines is 1. The molecule has 2 aromatic heterocycles. The van der Waals surface area contributed by atoms with Gasteiger partial charge in [0.1, 0.15) is 11.5 Å². The predicted octanol–water partition coefficient (Wildman–Crippen LogP) is 5.04. The lowest BCUT2D eigenvalue weighted by Gasteiger charge is -2.06. The van der Waals surface area contributed by atoms with Crippen LogP contribution in [0.15, 0.2) is 53.8 Å². The van der Waals surface area contributed by atoms with Crippen molar-refractivity contribution in [2.75, 3.05) is 0 Å². The summed E-state index contributed by atoms with van der Waals surface area (Å²) in [5, 5.41) is 7.63. The first-order valence-electron chi connectivity index (χ1n) is 9.05. The Labute approximate surface area is 152 Å². The molecule has 1 saturated carbocycles. The molecule has 0 bridgehead atoms. The first kappa shape index (κ1) is 16.6. The Balaban J connectivity index is 1.68. The van der Waals surface area contributed by atoms with E-state index in [1.165, 1.54) is 37.8 Å². The average Bonchev–Trinajstić information content (AvgIpc) is 3.33. The van der Waals surface area contributed by atoms with Crippen molar-refractivity contribution in [1.29, 1.82) is 0 Å². The first-order valence-corrected chi connectivity index (χ1v) is 9.05. The van der Waals surface area contributed by atoms with Gasteiger partial charge in [-0.1, -0.05) is 12.8 Å². The third kappa shape index (κ3) is 3.57. The average molecular weight is 348 g/mol. The number of benzene rings is 1. The monoisotopic (exact) mass is 348 g/mol. The third-order valence-corrected chi connectivity index (χ3v) is 4.89. The van der Waals surface area contributed by atoms with E-state index in [1.54, 1.807) is 24.5 Å². The van der Waals surface area contributed by atoms with Crippen molar-refractivity contribution in [3.8, 4) is 22.4 Å². The van der Waals surface area contributed by atoms with E-state index in [-0.39, 0.29) is 5.82 Å². The normalized spacial score (nSPS) is 15.1. The molecule has 0 spiro atoms. The smallest absolute Gasteiger partial charge is 0.123 e. The molecule has 0 amide bonds. The maximum Gasteiger partial charge on any atom is 0.123 e. The molecule has 1 aromatic carbocycles. The summed E-state index contributed by atoms with van der Waals surface area (Å²) in [6, 6.07) is 10.3. The highest BCUT2D eigenvalue weighted by Crippen LogP contribution is 2.33. The van der Waals surface area contributed by atoms with Crippen LogP contribution in [0.2, 0.25) is 0 Å². The van der Waals surface area contributed by atoms with Gasteiger partial charge in [0, 0.05) is 29.7 Å². The molecule has 1 aliphatic rings. The van der Waals surface area contributed by atoms with E-state index in [1.807, 2.05) is 12.1 Å². The number of nitrogens with one attached hydrogen (secondary N) is 1. The third-order valence-electron chi connectivity index (χ3n) is 4.89. The molecule has 5 heteroatoms. The van der Waals surface area contributed by atoms with Crippen molar-refractivity contribution in [3.63, 3.8) is 0 Å². The Morgan fingerprint density at radius 2 is 1.77 bits per heavy atom. The fourth-order valence-corrected chi connectivity index (χ4v) is 3.54. The highest BCUT2D eigenvalue weighted by atomic mass is 19.1.